The fourth-order valence-corrected chi connectivity index (χ4v) is 3.18. The Hall–Kier alpha value is -2.37. The van der Waals surface area contributed by atoms with Crippen LogP contribution in [0.1, 0.15) is 43.5 Å². The Kier molecular flexibility index (Phi) is 4.55. The van der Waals surface area contributed by atoms with Crippen LogP contribution in [0.5, 0.6) is 5.75 Å². The number of carboxylic acid groups (broad SMARTS) is 1. The highest BCUT2D eigenvalue weighted by Gasteiger charge is 2.41. The van der Waals surface area contributed by atoms with Gasteiger partial charge in [-0.2, -0.15) is 0 Å². The number of nitrogens with one attached hydrogen (secondary N) is 1. The van der Waals surface area contributed by atoms with Crippen LogP contribution in [0.4, 0.5) is 0 Å². The van der Waals surface area contributed by atoms with Crippen LogP contribution in [0, 0.1) is 11.8 Å². The smallest absolute Gasteiger partial charge is 0.330 e. The standard InChI is InChI=1S/C18H22N2O4/c1-10(2)24-15-7-14(8-19-9-15)17(21)20-16(18(22)23)12-4-3-11-5-13(11)6-12/h4,7-11,13,16H,3,5-6H2,1-2H3,(H,20,21)(H,22,23)/t11?,13?,16-/m1/s1. The van der Waals surface area contributed by atoms with Crippen LogP contribution in [0.25, 0.3) is 0 Å². The molecule has 0 spiro atoms. The first kappa shape index (κ1) is 16.5. The van der Waals surface area contributed by atoms with Gasteiger partial charge >= 0.3 is 5.97 Å². The summed E-state index contributed by atoms with van der Waals surface area (Å²) in [5.74, 6) is 0.308. The van der Waals surface area contributed by atoms with E-state index in [1.165, 1.54) is 18.8 Å². The summed E-state index contributed by atoms with van der Waals surface area (Å²) >= 11 is 0. The van der Waals surface area contributed by atoms with Crippen molar-refractivity contribution in [3.05, 3.63) is 35.7 Å². The molecule has 3 atom stereocenters. The monoisotopic (exact) mass is 330 g/mol. The summed E-state index contributed by atoms with van der Waals surface area (Å²) in [6.45, 7) is 3.77. The second-order valence-electron chi connectivity index (χ2n) is 6.80. The van der Waals surface area contributed by atoms with Gasteiger partial charge in [0.25, 0.3) is 5.91 Å². The lowest BCUT2D eigenvalue weighted by Gasteiger charge is -2.21. The van der Waals surface area contributed by atoms with Gasteiger partial charge in [-0.05, 0) is 56.6 Å². The number of carbonyl (C=O) groups excluding carboxylic acids is 1. The highest BCUT2D eigenvalue weighted by Crippen LogP contribution is 2.49. The minimum atomic E-state index is -1.03. The molecule has 128 valence electrons. The summed E-state index contributed by atoms with van der Waals surface area (Å²) < 4.78 is 5.52. The van der Waals surface area contributed by atoms with E-state index in [1.807, 2.05) is 19.9 Å². The molecule has 1 aromatic heterocycles. The third kappa shape index (κ3) is 3.75. The number of hydrogen-bond acceptors (Lipinski definition) is 4. The molecule has 2 aliphatic carbocycles. The van der Waals surface area contributed by atoms with Crippen LogP contribution in [0.2, 0.25) is 0 Å². The molecular weight excluding hydrogens is 308 g/mol. The van der Waals surface area contributed by atoms with E-state index >= 15 is 0 Å². The number of aliphatic carboxylic acids is 1. The molecule has 3 rings (SSSR count). The van der Waals surface area contributed by atoms with Gasteiger partial charge in [0.15, 0.2) is 0 Å². The molecule has 6 nitrogen and oxygen atoms in total. The fraction of sp³-hybridized carbons (Fsp3) is 0.500. The third-order valence-corrected chi connectivity index (χ3v) is 4.49. The zero-order chi connectivity index (χ0) is 17.3. The molecule has 6 heteroatoms. The minimum absolute atomic E-state index is 0.0317. The molecule has 1 heterocycles. The van der Waals surface area contributed by atoms with Crippen molar-refractivity contribution in [2.24, 2.45) is 11.8 Å². The van der Waals surface area contributed by atoms with E-state index in [4.69, 9.17) is 4.74 Å². The van der Waals surface area contributed by atoms with E-state index in [-0.39, 0.29) is 6.10 Å². The lowest BCUT2D eigenvalue weighted by Crippen LogP contribution is -2.42. The predicted molar refractivity (Wildman–Crippen MR) is 87.8 cm³/mol. The Morgan fingerprint density at radius 1 is 1.33 bits per heavy atom. The Balaban J connectivity index is 1.71. The lowest BCUT2D eigenvalue weighted by molar-refractivity contribution is -0.138. The predicted octanol–water partition coefficient (Wildman–Crippen LogP) is 2.41. The highest BCUT2D eigenvalue weighted by atomic mass is 16.5. The topological polar surface area (TPSA) is 88.5 Å². The van der Waals surface area contributed by atoms with Crippen LogP contribution in [0.15, 0.2) is 30.1 Å². The molecule has 0 aromatic carbocycles. The summed E-state index contributed by atoms with van der Waals surface area (Å²) in [6.07, 6.45) is 7.73. The van der Waals surface area contributed by atoms with Crippen molar-refractivity contribution in [3.8, 4) is 5.75 Å². The summed E-state index contributed by atoms with van der Waals surface area (Å²) in [7, 11) is 0. The minimum Gasteiger partial charge on any atom is -0.489 e. The Labute approximate surface area is 140 Å². The second-order valence-corrected chi connectivity index (χ2v) is 6.80. The fourth-order valence-electron chi connectivity index (χ4n) is 3.18. The average molecular weight is 330 g/mol. The Morgan fingerprint density at radius 3 is 2.79 bits per heavy atom. The molecule has 0 radical (unpaired) electrons. The number of fused-ring (bicyclic) bond motifs is 1. The summed E-state index contributed by atoms with van der Waals surface area (Å²) in [5, 5.41) is 12.1. The summed E-state index contributed by atoms with van der Waals surface area (Å²) in [6, 6.07) is 0.599. The Bertz CT molecular complexity index is 683. The zero-order valence-corrected chi connectivity index (χ0v) is 13.9. The van der Waals surface area contributed by atoms with Gasteiger partial charge in [0.2, 0.25) is 0 Å². The molecular formula is C18H22N2O4. The molecule has 2 aliphatic rings. The van der Waals surface area contributed by atoms with Crippen molar-refractivity contribution in [1.29, 1.82) is 0 Å². The van der Waals surface area contributed by atoms with Crippen LogP contribution in [-0.4, -0.2) is 34.1 Å². The summed E-state index contributed by atoms with van der Waals surface area (Å²) in [4.78, 5) is 28.0. The van der Waals surface area contributed by atoms with Gasteiger partial charge in [-0.25, -0.2) is 4.79 Å². The van der Waals surface area contributed by atoms with Gasteiger partial charge in [0.1, 0.15) is 11.8 Å². The van der Waals surface area contributed by atoms with E-state index in [0.29, 0.717) is 23.1 Å². The molecule has 0 bridgehead atoms. The van der Waals surface area contributed by atoms with Crippen molar-refractivity contribution in [1.82, 2.24) is 10.3 Å². The van der Waals surface area contributed by atoms with Crippen molar-refractivity contribution >= 4 is 11.9 Å². The van der Waals surface area contributed by atoms with Crippen molar-refractivity contribution in [2.75, 3.05) is 0 Å². The van der Waals surface area contributed by atoms with E-state index in [1.54, 1.807) is 6.07 Å². The van der Waals surface area contributed by atoms with Crippen molar-refractivity contribution in [3.63, 3.8) is 0 Å². The number of allylic oxidation sites excluding steroid dienone is 1. The number of pyridine rings is 1. The lowest BCUT2D eigenvalue weighted by atomic mass is 9.93. The van der Waals surface area contributed by atoms with Crippen LogP contribution >= 0.6 is 0 Å². The van der Waals surface area contributed by atoms with E-state index < -0.39 is 17.9 Å². The number of rotatable bonds is 6. The van der Waals surface area contributed by atoms with Crippen molar-refractivity contribution in [2.45, 2.75) is 45.3 Å². The maximum Gasteiger partial charge on any atom is 0.330 e. The Morgan fingerprint density at radius 2 is 2.12 bits per heavy atom. The third-order valence-electron chi connectivity index (χ3n) is 4.49. The maximum atomic E-state index is 12.4. The van der Waals surface area contributed by atoms with Gasteiger partial charge < -0.3 is 15.2 Å². The first-order chi connectivity index (χ1) is 11.4. The van der Waals surface area contributed by atoms with Crippen LogP contribution < -0.4 is 10.1 Å². The number of nitrogens with zero attached hydrogens (tertiary/aromatic N) is 1. The van der Waals surface area contributed by atoms with Gasteiger partial charge in [0, 0.05) is 6.20 Å². The van der Waals surface area contributed by atoms with E-state index in [0.717, 1.165) is 18.4 Å². The zero-order valence-electron chi connectivity index (χ0n) is 13.9. The number of carboxylic acids is 1. The number of ether oxygens (including phenoxy) is 1. The van der Waals surface area contributed by atoms with E-state index in [9.17, 15) is 14.7 Å². The molecule has 0 aliphatic heterocycles. The van der Waals surface area contributed by atoms with E-state index in [2.05, 4.69) is 10.3 Å². The molecule has 2 N–H and O–H groups in total. The normalized spacial score (nSPS) is 23.0. The highest BCUT2D eigenvalue weighted by molar-refractivity contribution is 5.97. The second kappa shape index (κ2) is 6.63. The molecule has 1 amide bonds. The molecule has 1 aromatic rings. The SMILES string of the molecule is CC(C)Oc1cncc(C(=O)N[C@@H](C(=O)O)C2=CCC3CC3C2)c1. The van der Waals surface area contributed by atoms with Gasteiger partial charge in [-0.15, -0.1) is 0 Å². The quantitative estimate of drug-likeness (QED) is 0.782. The van der Waals surface area contributed by atoms with Gasteiger partial charge in [-0.3, -0.25) is 9.78 Å². The van der Waals surface area contributed by atoms with Crippen LogP contribution in [-0.2, 0) is 4.79 Å². The maximum absolute atomic E-state index is 12.4. The number of amides is 1. The van der Waals surface area contributed by atoms with Crippen molar-refractivity contribution < 1.29 is 19.4 Å². The number of carbonyl (C=O) groups is 2. The molecule has 0 saturated heterocycles. The number of aromatic nitrogens is 1. The molecule has 1 saturated carbocycles. The molecule has 1 fully saturated rings. The first-order valence-corrected chi connectivity index (χ1v) is 8.28. The summed E-state index contributed by atoms with van der Waals surface area (Å²) in [5.41, 5.74) is 1.09. The van der Waals surface area contributed by atoms with Gasteiger partial charge in [-0.1, -0.05) is 6.08 Å². The van der Waals surface area contributed by atoms with Crippen LogP contribution in [0.3, 0.4) is 0 Å². The first-order valence-electron chi connectivity index (χ1n) is 8.28. The average Bonchev–Trinajstić information content (AvgIpc) is 3.30. The van der Waals surface area contributed by atoms with Gasteiger partial charge in [0.05, 0.1) is 17.9 Å². The molecule has 24 heavy (non-hydrogen) atoms. The largest absolute Gasteiger partial charge is 0.489 e. The molecule has 2 unspecified atom stereocenters. The number of hydrogen-bond donors (Lipinski definition) is 2.